The number of piperazine rings is 1. The van der Waals surface area contributed by atoms with Crippen LogP contribution in [-0.2, 0) is 13.1 Å². The largest absolute Gasteiger partial charge is 0.329 e. The summed E-state index contributed by atoms with van der Waals surface area (Å²) in [5.41, 5.74) is 5.57. The van der Waals surface area contributed by atoms with Crippen molar-refractivity contribution in [2.24, 2.45) is 0 Å². The second-order valence-corrected chi connectivity index (χ2v) is 9.04. The van der Waals surface area contributed by atoms with Gasteiger partial charge in [0, 0.05) is 39.3 Å². The SMILES string of the molecule is CCn1c(C)nc2cc(CN3CCN(C(c4ccc(F)cc4)c4ccc(F)cc4)CC3)ccc21. The number of fused-ring (bicyclic) bond motifs is 1. The van der Waals surface area contributed by atoms with Gasteiger partial charge in [0.15, 0.2) is 0 Å². The minimum absolute atomic E-state index is 0.0271. The molecule has 1 aliphatic rings. The van der Waals surface area contributed by atoms with Gasteiger partial charge in [-0.3, -0.25) is 9.80 Å². The number of imidazole rings is 1. The van der Waals surface area contributed by atoms with E-state index in [2.05, 4.69) is 46.4 Å². The molecule has 0 saturated carbocycles. The fraction of sp³-hybridized carbons (Fsp3) is 0.321. The molecule has 0 amide bonds. The molecule has 1 fully saturated rings. The van der Waals surface area contributed by atoms with E-state index in [9.17, 15) is 8.78 Å². The monoisotopic (exact) mass is 460 g/mol. The first-order valence-electron chi connectivity index (χ1n) is 11.9. The molecule has 1 saturated heterocycles. The number of hydrogen-bond donors (Lipinski definition) is 0. The summed E-state index contributed by atoms with van der Waals surface area (Å²) in [7, 11) is 0. The van der Waals surface area contributed by atoms with Crippen molar-refractivity contribution in [2.45, 2.75) is 33.0 Å². The average molecular weight is 461 g/mol. The molecule has 0 N–H and O–H groups in total. The lowest BCUT2D eigenvalue weighted by Crippen LogP contribution is -2.47. The number of benzene rings is 3. The van der Waals surface area contributed by atoms with Gasteiger partial charge in [0.1, 0.15) is 17.5 Å². The Kier molecular flexibility index (Phi) is 6.44. The Bertz CT molecular complexity index is 1210. The molecule has 176 valence electrons. The molecule has 1 aliphatic heterocycles. The molecule has 0 bridgehead atoms. The van der Waals surface area contributed by atoms with E-state index in [-0.39, 0.29) is 17.7 Å². The first kappa shape index (κ1) is 22.7. The maximum atomic E-state index is 13.6. The van der Waals surface area contributed by atoms with Crippen molar-refractivity contribution in [2.75, 3.05) is 26.2 Å². The Hall–Kier alpha value is -3.09. The second-order valence-electron chi connectivity index (χ2n) is 9.04. The topological polar surface area (TPSA) is 24.3 Å². The maximum Gasteiger partial charge on any atom is 0.123 e. The molecule has 4 nitrogen and oxygen atoms in total. The molecule has 0 atom stereocenters. The molecular weight excluding hydrogens is 430 g/mol. The van der Waals surface area contributed by atoms with Gasteiger partial charge in [-0.25, -0.2) is 13.8 Å². The van der Waals surface area contributed by atoms with Crippen LogP contribution in [0.25, 0.3) is 11.0 Å². The Balaban J connectivity index is 1.31. The molecule has 6 heteroatoms. The average Bonchev–Trinajstić information content (AvgIpc) is 3.16. The van der Waals surface area contributed by atoms with Gasteiger partial charge in [-0.1, -0.05) is 30.3 Å². The molecule has 3 aromatic carbocycles. The lowest BCUT2D eigenvalue weighted by molar-refractivity contribution is 0.105. The third-order valence-electron chi connectivity index (χ3n) is 6.87. The van der Waals surface area contributed by atoms with Crippen LogP contribution in [0.3, 0.4) is 0 Å². The van der Waals surface area contributed by atoms with Gasteiger partial charge in [0.25, 0.3) is 0 Å². The Morgan fingerprint density at radius 1 is 0.824 bits per heavy atom. The highest BCUT2D eigenvalue weighted by Gasteiger charge is 2.26. The lowest BCUT2D eigenvalue weighted by Gasteiger charge is -2.40. The molecule has 34 heavy (non-hydrogen) atoms. The summed E-state index contributed by atoms with van der Waals surface area (Å²) in [5, 5.41) is 0. The van der Waals surface area contributed by atoms with Crippen molar-refractivity contribution in [1.82, 2.24) is 19.4 Å². The summed E-state index contributed by atoms with van der Waals surface area (Å²) in [6.07, 6.45) is 0. The van der Waals surface area contributed by atoms with Crippen LogP contribution in [0.2, 0.25) is 0 Å². The molecular formula is C28H30F2N4. The van der Waals surface area contributed by atoms with Crippen LogP contribution in [0.4, 0.5) is 8.78 Å². The Morgan fingerprint density at radius 3 is 1.97 bits per heavy atom. The van der Waals surface area contributed by atoms with Crippen LogP contribution in [0.1, 0.15) is 35.5 Å². The summed E-state index contributed by atoms with van der Waals surface area (Å²) in [4.78, 5) is 9.61. The van der Waals surface area contributed by atoms with Gasteiger partial charge >= 0.3 is 0 Å². The van der Waals surface area contributed by atoms with E-state index in [1.807, 2.05) is 24.3 Å². The van der Waals surface area contributed by atoms with Gasteiger partial charge in [0.05, 0.1) is 17.1 Å². The number of halogens is 2. The van der Waals surface area contributed by atoms with Crippen molar-refractivity contribution in [3.63, 3.8) is 0 Å². The van der Waals surface area contributed by atoms with Crippen LogP contribution in [-0.4, -0.2) is 45.5 Å². The highest BCUT2D eigenvalue weighted by atomic mass is 19.1. The zero-order valence-corrected chi connectivity index (χ0v) is 19.7. The smallest absolute Gasteiger partial charge is 0.123 e. The molecule has 4 aromatic rings. The van der Waals surface area contributed by atoms with Crippen LogP contribution in [0, 0.1) is 18.6 Å². The summed E-state index contributed by atoms with van der Waals surface area (Å²) in [6.45, 7) is 9.63. The standard InChI is InChI=1S/C28H30F2N4/c1-3-34-20(2)31-26-18-21(4-13-27(26)34)19-32-14-16-33(17-15-32)28(22-5-9-24(29)10-6-22)23-7-11-25(30)12-8-23/h4-13,18,28H,3,14-17,19H2,1-2H3. The zero-order chi connectivity index (χ0) is 23.7. The second kappa shape index (κ2) is 9.65. The summed E-state index contributed by atoms with van der Waals surface area (Å²) < 4.78 is 29.4. The summed E-state index contributed by atoms with van der Waals surface area (Å²) >= 11 is 0. The van der Waals surface area contributed by atoms with Crippen LogP contribution in [0.15, 0.2) is 66.7 Å². The number of aromatic nitrogens is 2. The van der Waals surface area contributed by atoms with Crippen LogP contribution in [0.5, 0.6) is 0 Å². The first-order valence-corrected chi connectivity index (χ1v) is 11.9. The normalized spacial score (nSPS) is 15.4. The van der Waals surface area contributed by atoms with Gasteiger partial charge in [0.2, 0.25) is 0 Å². The van der Waals surface area contributed by atoms with Gasteiger partial charge in [-0.15, -0.1) is 0 Å². The van der Waals surface area contributed by atoms with Crippen molar-refractivity contribution in [1.29, 1.82) is 0 Å². The maximum absolute atomic E-state index is 13.6. The Labute approximate surface area is 199 Å². The van der Waals surface area contributed by atoms with Crippen LogP contribution >= 0.6 is 0 Å². The lowest BCUT2D eigenvalue weighted by atomic mass is 9.96. The molecule has 1 aromatic heterocycles. The molecule has 0 spiro atoms. The van der Waals surface area contributed by atoms with Gasteiger partial charge < -0.3 is 4.57 Å². The number of aryl methyl sites for hydroxylation is 2. The predicted octanol–water partition coefficient (Wildman–Crippen LogP) is 5.55. The molecule has 5 rings (SSSR count). The Morgan fingerprint density at radius 2 is 1.41 bits per heavy atom. The fourth-order valence-electron chi connectivity index (χ4n) is 5.14. The number of hydrogen-bond acceptors (Lipinski definition) is 3. The van der Waals surface area contributed by atoms with Crippen molar-refractivity contribution < 1.29 is 8.78 Å². The van der Waals surface area contributed by atoms with E-state index in [0.29, 0.717) is 0 Å². The third kappa shape index (κ3) is 4.61. The molecule has 0 aliphatic carbocycles. The van der Waals surface area contributed by atoms with Gasteiger partial charge in [-0.05, 0) is 66.9 Å². The van der Waals surface area contributed by atoms with E-state index in [4.69, 9.17) is 4.98 Å². The number of rotatable bonds is 6. The molecule has 0 unspecified atom stereocenters. The minimum atomic E-state index is -0.248. The van der Waals surface area contributed by atoms with Crippen molar-refractivity contribution in [3.8, 4) is 0 Å². The zero-order valence-electron chi connectivity index (χ0n) is 19.7. The van der Waals surface area contributed by atoms with E-state index in [1.54, 1.807) is 0 Å². The highest BCUT2D eigenvalue weighted by Crippen LogP contribution is 2.30. The minimum Gasteiger partial charge on any atom is -0.329 e. The van der Waals surface area contributed by atoms with E-state index in [1.165, 1.54) is 35.3 Å². The number of nitrogens with zero attached hydrogens (tertiary/aromatic N) is 4. The quantitative estimate of drug-likeness (QED) is 0.377. The molecule has 2 heterocycles. The third-order valence-corrected chi connectivity index (χ3v) is 6.87. The molecule has 0 radical (unpaired) electrons. The van der Waals surface area contributed by atoms with E-state index < -0.39 is 0 Å². The predicted molar refractivity (Wildman–Crippen MR) is 132 cm³/mol. The summed E-state index contributed by atoms with van der Waals surface area (Å²) in [5.74, 6) is 0.556. The van der Waals surface area contributed by atoms with E-state index in [0.717, 1.165) is 61.7 Å². The van der Waals surface area contributed by atoms with Crippen molar-refractivity contribution >= 4 is 11.0 Å². The van der Waals surface area contributed by atoms with E-state index >= 15 is 0 Å². The first-order chi connectivity index (χ1) is 16.5. The fourth-order valence-corrected chi connectivity index (χ4v) is 5.14. The van der Waals surface area contributed by atoms with Gasteiger partial charge in [-0.2, -0.15) is 0 Å². The van der Waals surface area contributed by atoms with Crippen LogP contribution < -0.4 is 0 Å². The summed E-state index contributed by atoms with van der Waals surface area (Å²) in [6, 6.07) is 19.9. The highest BCUT2D eigenvalue weighted by molar-refractivity contribution is 5.76. The van der Waals surface area contributed by atoms with Crippen molar-refractivity contribution in [3.05, 3.63) is 101 Å².